The maximum absolute atomic E-state index is 11.1. The van der Waals surface area contributed by atoms with E-state index in [2.05, 4.69) is 26.6 Å². The van der Waals surface area contributed by atoms with E-state index in [1.807, 2.05) is 57.2 Å². The summed E-state index contributed by atoms with van der Waals surface area (Å²) in [5.41, 5.74) is 2.81. The topological polar surface area (TPSA) is 59.6 Å². The van der Waals surface area contributed by atoms with Crippen molar-refractivity contribution in [2.24, 2.45) is 0 Å². The summed E-state index contributed by atoms with van der Waals surface area (Å²) in [5.74, 6) is 1.39. The lowest BCUT2D eigenvalue weighted by Crippen LogP contribution is -2.09. The molecule has 0 aliphatic heterocycles. The summed E-state index contributed by atoms with van der Waals surface area (Å²) in [6.45, 7) is 8.63. The van der Waals surface area contributed by atoms with Crippen molar-refractivity contribution in [2.75, 3.05) is 17.2 Å². The van der Waals surface area contributed by atoms with Crippen molar-refractivity contribution < 1.29 is 14.3 Å². The van der Waals surface area contributed by atoms with Crippen LogP contribution >= 0.6 is 15.9 Å². The highest BCUT2D eigenvalue weighted by molar-refractivity contribution is 9.10. The molecule has 0 saturated heterocycles. The Morgan fingerprint density at radius 2 is 1.77 bits per heavy atom. The fraction of sp³-hybridized carbons (Fsp3) is 0.350. The lowest BCUT2D eigenvalue weighted by molar-refractivity contribution is -0.114. The van der Waals surface area contributed by atoms with E-state index in [1.54, 1.807) is 0 Å². The van der Waals surface area contributed by atoms with Crippen LogP contribution in [0.25, 0.3) is 0 Å². The molecule has 2 rings (SSSR count). The largest absolute Gasteiger partial charge is 0.490 e. The van der Waals surface area contributed by atoms with Gasteiger partial charge in [-0.05, 0) is 62.7 Å². The van der Waals surface area contributed by atoms with E-state index >= 15 is 0 Å². The van der Waals surface area contributed by atoms with E-state index in [9.17, 15) is 4.79 Å². The third-order valence-corrected chi connectivity index (χ3v) is 4.20. The number of ether oxygens (including phenoxy) is 2. The van der Waals surface area contributed by atoms with Gasteiger partial charge in [0, 0.05) is 29.3 Å². The number of carbonyl (C=O) groups is 1. The van der Waals surface area contributed by atoms with E-state index in [-0.39, 0.29) is 12.0 Å². The number of benzene rings is 2. The van der Waals surface area contributed by atoms with Crippen LogP contribution in [0.3, 0.4) is 0 Å². The molecular formula is C20H25BrN2O3. The quantitative estimate of drug-likeness (QED) is 0.615. The Kier molecular flexibility index (Phi) is 7.33. The van der Waals surface area contributed by atoms with Crippen LogP contribution in [-0.4, -0.2) is 18.6 Å². The number of hydrogen-bond acceptors (Lipinski definition) is 4. The Labute approximate surface area is 163 Å². The zero-order valence-corrected chi connectivity index (χ0v) is 17.1. The molecule has 2 aromatic rings. The van der Waals surface area contributed by atoms with E-state index in [0.29, 0.717) is 13.2 Å². The Balaban J connectivity index is 2.10. The third kappa shape index (κ3) is 5.95. The molecule has 0 radical (unpaired) electrons. The molecule has 0 bridgehead atoms. The highest BCUT2D eigenvalue weighted by atomic mass is 79.9. The Hall–Kier alpha value is -2.21. The first-order valence-corrected chi connectivity index (χ1v) is 9.41. The first kappa shape index (κ1) is 20.1. The zero-order chi connectivity index (χ0) is 19.1. The number of halogens is 1. The van der Waals surface area contributed by atoms with Crippen molar-refractivity contribution in [1.29, 1.82) is 0 Å². The van der Waals surface area contributed by atoms with Crippen molar-refractivity contribution in [2.45, 2.75) is 40.3 Å². The van der Waals surface area contributed by atoms with Gasteiger partial charge >= 0.3 is 0 Å². The van der Waals surface area contributed by atoms with E-state index in [0.717, 1.165) is 32.9 Å². The summed E-state index contributed by atoms with van der Waals surface area (Å²) < 4.78 is 12.5. The first-order valence-electron chi connectivity index (χ1n) is 8.62. The van der Waals surface area contributed by atoms with Crippen molar-refractivity contribution in [3.8, 4) is 11.5 Å². The number of carbonyl (C=O) groups excluding carboxylic acids is 1. The van der Waals surface area contributed by atoms with Crippen molar-refractivity contribution >= 4 is 33.2 Å². The number of nitrogens with one attached hydrogen (secondary N) is 2. The second kappa shape index (κ2) is 9.48. The Morgan fingerprint density at radius 1 is 1.12 bits per heavy atom. The van der Waals surface area contributed by atoms with E-state index in [4.69, 9.17) is 9.47 Å². The molecule has 0 aliphatic rings. The van der Waals surface area contributed by atoms with Gasteiger partial charge in [0.2, 0.25) is 5.91 Å². The van der Waals surface area contributed by atoms with Gasteiger partial charge in [-0.25, -0.2) is 0 Å². The van der Waals surface area contributed by atoms with Gasteiger partial charge in [-0.1, -0.05) is 15.9 Å². The molecule has 2 N–H and O–H groups in total. The molecule has 0 heterocycles. The summed E-state index contributed by atoms with van der Waals surface area (Å²) in [5, 5.41) is 6.13. The van der Waals surface area contributed by atoms with Gasteiger partial charge in [-0.2, -0.15) is 0 Å². The Morgan fingerprint density at radius 3 is 2.35 bits per heavy atom. The number of hydrogen-bond donors (Lipinski definition) is 2. The molecular weight excluding hydrogens is 396 g/mol. The molecule has 140 valence electrons. The van der Waals surface area contributed by atoms with Crippen LogP contribution in [0.1, 0.15) is 33.3 Å². The maximum atomic E-state index is 11.1. The predicted molar refractivity (Wildman–Crippen MR) is 109 cm³/mol. The van der Waals surface area contributed by atoms with Gasteiger partial charge in [-0.15, -0.1) is 0 Å². The van der Waals surface area contributed by atoms with Crippen LogP contribution in [0.5, 0.6) is 11.5 Å². The minimum Gasteiger partial charge on any atom is -0.490 e. The maximum Gasteiger partial charge on any atom is 0.221 e. The molecule has 0 atom stereocenters. The van der Waals surface area contributed by atoms with Crippen LogP contribution in [0, 0.1) is 0 Å². The van der Waals surface area contributed by atoms with Gasteiger partial charge in [0.05, 0.1) is 12.7 Å². The first-order chi connectivity index (χ1) is 12.4. The monoisotopic (exact) mass is 420 g/mol. The fourth-order valence-corrected chi connectivity index (χ4v) is 2.86. The molecule has 0 aliphatic carbocycles. The minimum absolute atomic E-state index is 0.0761. The standard InChI is InChI=1S/C20H25BrN2O3/c1-5-25-19-10-15(18(21)11-20(19)26-13(2)3)12-22-16-6-8-17(9-7-16)23-14(4)24/h6-11,13,22H,5,12H2,1-4H3,(H,23,24). The number of anilines is 2. The molecule has 0 saturated carbocycles. The predicted octanol–water partition coefficient (Wildman–Crippen LogP) is 5.21. The van der Waals surface area contributed by atoms with Crippen LogP contribution in [0.2, 0.25) is 0 Å². The smallest absolute Gasteiger partial charge is 0.221 e. The molecule has 26 heavy (non-hydrogen) atoms. The van der Waals surface area contributed by atoms with Gasteiger partial charge in [0.15, 0.2) is 11.5 Å². The molecule has 0 spiro atoms. The average Bonchev–Trinajstić information content (AvgIpc) is 2.56. The van der Waals surface area contributed by atoms with Crippen LogP contribution < -0.4 is 20.1 Å². The summed E-state index contributed by atoms with van der Waals surface area (Å²) in [7, 11) is 0. The van der Waals surface area contributed by atoms with Crippen LogP contribution in [0.15, 0.2) is 40.9 Å². The molecule has 0 unspecified atom stereocenters. The molecule has 6 heteroatoms. The highest BCUT2D eigenvalue weighted by Crippen LogP contribution is 2.35. The van der Waals surface area contributed by atoms with Gasteiger partial charge in [-0.3, -0.25) is 4.79 Å². The third-order valence-electron chi connectivity index (χ3n) is 3.46. The molecule has 0 aromatic heterocycles. The second-order valence-corrected chi connectivity index (χ2v) is 6.96. The molecule has 1 amide bonds. The number of rotatable bonds is 8. The number of amides is 1. The average molecular weight is 421 g/mol. The lowest BCUT2D eigenvalue weighted by Gasteiger charge is -2.17. The van der Waals surface area contributed by atoms with Crippen molar-refractivity contribution in [3.05, 3.63) is 46.4 Å². The summed E-state index contributed by atoms with van der Waals surface area (Å²) in [4.78, 5) is 11.1. The van der Waals surface area contributed by atoms with Crippen molar-refractivity contribution in [3.63, 3.8) is 0 Å². The summed E-state index contributed by atoms with van der Waals surface area (Å²) in [6.07, 6.45) is 0.0761. The normalized spacial score (nSPS) is 10.5. The van der Waals surface area contributed by atoms with Gasteiger partial charge < -0.3 is 20.1 Å². The van der Waals surface area contributed by atoms with Crippen molar-refractivity contribution in [1.82, 2.24) is 0 Å². The van der Waals surface area contributed by atoms with E-state index < -0.39 is 0 Å². The zero-order valence-electron chi connectivity index (χ0n) is 15.6. The van der Waals surface area contributed by atoms with Gasteiger partial charge in [0.1, 0.15) is 0 Å². The Bertz CT molecular complexity index is 745. The van der Waals surface area contributed by atoms with Crippen LogP contribution in [0.4, 0.5) is 11.4 Å². The highest BCUT2D eigenvalue weighted by Gasteiger charge is 2.12. The minimum atomic E-state index is -0.0817. The lowest BCUT2D eigenvalue weighted by atomic mass is 10.2. The molecule has 5 nitrogen and oxygen atoms in total. The summed E-state index contributed by atoms with van der Waals surface area (Å²) >= 11 is 3.61. The summed E-state index contributed by atoms with van der Waals surface area (Å²) in [6, 6.07) is 11.5. The van der Waals surface area contributed by atoms with Gasteiger partial charge in [0.25, 0.3) is 0 Å². The molecule has 0 fully saturated rings. The fourth-order valence-electron chi connectivity index (χ4n) is 2.40. The second-order valence-electron chi connectivity index (χ2n) is 6.10. The SMILES string of the molecule is CCOc1cc(CNc2ccc(NC(C)=O)cc2)c(Br)cc1OC(C)C. The van der Waals surface area contributed by atoms with Crippen LogP contribution in [-0.2, 0) is 11.3 Å². The van der Waals surface area contributed by atoms with E-state index in [1.165, 1.54) is 6.92 Å². The molecule has 2 aromatic carbocycles.